The van der Waals surface area contributed by atoms with Crippen molar-refractivity contribution >= 4 is 5.91 Å². The Bertz CT molecular complexity index is 512. The number of hydrogen-bond acceptors (Lipinski definition) is 1. The van der Waals surface area contributed by atoms with Crippen LogP contribution in [0.3, 0.4) is 0 Å². The molecule has 2 bridgehead atoms. The van der Waals surface area contributed by atoms with E-state index in [1.807, 2.05) is 0 Å². The molecular formula is C19H25NO. The predicted octanol–water partition coefficient (Wildman–Crippen LogP) is 3.66. The van der Waals surface area contributed by atoms with E-state index in [2.05, 4.69) is 35.2 Å². The van der Waals surface area contributed by atoms with Crippen molar-refractivity contribution in [3.8, 4) is 0 Å². The standard InChI is InChI=1S/C19H25NO/c21-19(18-13-15-8-9-16(18)11-15)20-10-4-7-17(20)12-14-5-2-1-3-6-14/h1-3,5-6,15-18H,4,7-13H2/t15-,16-,17-,18-/m0/s1. The zero-order valence-electron chi connectivity index (χ0n) is 12.7. The molecule has 0 aromatic heterocycles. The van der Waals surface area contributed by atoms with Crippen molar-refractivity contribution in [3.05, 3.63) is 35.9 Å². The van der Waals surface area contributed by atoms with E-state index in [1.54, 1.807) is 0 Å². The first-order valence-corrected chi connectivity index (χ1v) is 8.65. The van der Waals surface area contributed by atoms with Gasteiger partial charge >= 0.3 is 0 Å². The van der Waals surface area contributed by atoms with Gasteiger partial charge in [0.05, 0.1) is 0 Å². The summed E-state index contributed by atoms with van der Waals surface area (Å²) in [6.07, 6.45) is 8.59. The lowest BCUT2D eigenvalue weighted by molar-refractivity contribution is -0.138. The predicted molar refractivity (Wildman–Crippen MR) is 83.8 cm³/mol. The molecule has 2 aliphatic carbocycles. The third-order valence-corrected chi connectivity index (χ3v) is 6.03. The molecule has 1 aromatic rings. The molecule has 112 valence electrons. The summed E-state index contributed by atoms with van der Waals surface area (Å²) in [5.74, 6) is 2.42. The van der Waals surface area contributed by atoms with Crippen molar-refractivity contribution in [1.29, 1.82) is 0 Å². The molecule has 3 aliphatic rings. The first-order valence-electron chi connectivity index (χ1n) is 8.65. The Morgan fingerprint density at radius 2 is 1.95 bits per heavy atom. The van der Waals surface area contributed by atoms with Crippen molar-refractivity contribution < 1.29 is 4.79 Å². The summed E-state index contributed by atoms with van der Waals surface area (Å²) in [4.78, 5) is 15.2. The molecule has 0 N–H and O–H groups in total. The molecule has 2 saturated carbocycles. The van der Waals surface area contributed by atoms with Crippen LogP contribution in [0.1, 0.15) is 44.1 Å². The van der Waals surface area contributed by atoms with Crippen LogP contribution in [0, 0.1) is 17.8 Å². The van der Waals surface area contributed by atoms with Crippen LogP contribution in [0.5, 0.6) is 0 Å². The lowest BCUT2D eigenvalue weighted by Crippen LogP contribution is -2.42. The van der Waals surface area contributed by atoms with Gasteiger partial charge in [-0.2, -0.15) is 0 Å². The van der Waals surface area contributed by atoms with E-state index in [0.29, 0.717) is 23.8 Å². The second kappa shape index (κ2) is 5.47. The third-order valence-electron chi connectivity index (χ3n) is 6.03. The summed E-state index contributed by atoms with van der Waals surface area (Å²) in [7, 11) is 0. The van der Waals surface area contributed by atoms with Gasteiger partial charge in [0.15, 0.2) is 0 Å². The smallest absolute Gasteiger partial charge is 0.226 e. The summed E-state index contributed by atoms with van der Waals surface area (Å²) in [6, 6.07) is 11.1. The van der Waals surface area contributed by atoms with Crippen LogP contribution in [-0.2, 0) is 11.2 Å². The minimum absolute atomic E-state index is 0.361. The van der Waals surface area contributed by atoms with Gasteiger partial charge in [-0.25, -0.2) is 0 Å². The second-order valence-corrected chi connectivity index (χ2v) is 7.30. The van der Waals surface area contributed by atoms with Crippen LogP contribution in [0.4, 0.5) is 0 Å². The summed E-state index contributed by atoms with van der Waals surface area (Å²) >= 11 is 0. The maximum Gasteiger partial charge on any atom is 0.226 e. The Labute approximate surface area is 127 Å². The van der Waals surface area contributed by atoms with Gasteiger partial charge < -0.3 is 4.90 Å². The fourth-order valence-electron chi connectivity index (χ4n) is 4.98. The molecule has 1 heterocycles. The van der Waals surface area contributed by atoms with Gasteiger partial charge in [-0.05, 0) is 55.9 Å². The SMILES string of the molecule is O=C([C@H]1C[C@H]2CC[C@H]1C2)N1CCC[C@H]1Cc1ccccc1. The Morgan fingerprint density at radius 3 is 2.67 bits per heavy atom. The number of rotatable bonds is 3. The summed E-state index contributed by atoms with van der Waals surface area (Å²) in [5.41, 5.74) is 1.37. The van der Waals surface area contributed by atoms with E-state index in [4.69, 9.17) is 0 Å². The first kappa shape index (κ1) is 13.4. The van der Waals surface area contributed by atoms with Crippen molar-refractivity contribution in [2.75, 3.05) is 6.54 Å². The van der Waals surface area contributed by atoms with Gasteiger partial charge in [0.2, 0.25) is 5.91 Å². The molecular weight excluding hydrogens is 258 g/mol. The topological polar surface area (TPSA) is 20.3 Å². The largest absolute Gasteiger partial charge is 0.339 e. The van der Waals surface area contributed by atoms with Gasteiger partial charge in [-0.1, -0.05) is 36.8 Å². The van der Waals surface area contributed by atoms with E-state index < -0.39 is 0 Å². The molecule has 2 heteroatoms. The molecule has 4 atom stereocenters. The highest BCUT2D eigenvalue weighted by atomic mass is 16.2. The molecule has 1 amide bonds. The highest BCUT2D eigenvalue weighted by molar-refractivity contribution is 5.80. The van der Waals surface area contributed by atoms with Gasteiger partial charge in [0.25, 0.3) is 0 Å². The number of carbonyl (C=O) groups is 1. The van der Waals surface area contributed by atoms with Gasteiger partial charge in [0, 0.05) is 18.5 Å². The maximum atomic E-state index is 13.0. The van der Waals surface area contributed by atoms with Crippen molar-refractivity contribution in [2.24, 2.45) is 17.8 Å². The Morgan fingerprint density at radius 1 is 1.10 bits per heavy atom. The fraction of sp³-hybridized carbons (Fsp3) is 0.632. The molecule has 1 aliphatic heterocycles. The summed E-state index contributed by atoms with van der Waals surface area (Å²) in [6.45, 7) is 0.990. The monoisotopic (exact) mass is 283 g/mol. The molecule has 0 spiro atoms. The van der Waals surface area contributed by atoms with Crippen LogP contribution >= 0.6 is 0 Å². The average Bonchev–Trinajstić information content (AvgIpc) is 3.24. The normalized spacial score (nSPS) is 34.6. The van der Waals surface area contributed by atoms with E-state index in [1.165, 1.54) is 44.1 Å². The van der Waals surface area contributed by atoms with Crippen LogP contribution < -0.4 is 0 Å². The molecule has 1 aromatic carbocycles. The lowest BCUT2D eigenvalue weighted by atomic mass is 9.87. The van der Waals surface area contributed by atoms with E-state index in [9.17, 15) is 4.79 Å². The third kappa shape index (κ3) is 2.49. The number of benzene rings is 1. The zero-order valence-corrected chi connectivity index (χ0v) is 12.7. The lowest BCUT2D eigenvalue weighted by Gasteiger charge is -2.31. The Balaban J connectivity index is 1.45. The van der Waals surface area contributed by atoms with E-state index in [-0.39, 0.29) is 0 Å². The number of hydrogen-bond donors (Lipinski definition) is 0. The number of likely N-dealkylation sites (tertiary alicyclic amines) is 1. The van der Waals surface area contributed by atoms with Crippen molar-refractivity contribution in [2.45, 2.75) is 51.0 Å². The van der Waals surface area contributed by atoms with Gasteiger partial charge in [-0.15, -0.1) is 0 Å². The second-order valence-electron chi connectivity index (χ2n) is 7.30. The summed E-state index contributed by atoms with van der Waals surface area (Å²) < 4.78 is 0. The Kier molecular flexibility index (Phi) is 3.48. The van der Waals surface area contributed by atoms with E-state index in [0.717, 1.165) is 18.9 Å². The number of amides is 1. The van der Waals surface area contributed by atoms with Gasteiger partial charge in [0.1, 0.15) is 0 Å². The summed E-state index contributed by atoms with van der Waals surface area (Å²) in [5, 5.41) is 0. The Hall–Kier alpha value is -1.31. The fourth-order valence-corrected chi connectivity index (χ4v) is 4.98. The molecule has 0 radical (unpaired) electrons. The van der Waals surface area contributed by atoms with Crippen LogP contribution in [-0.4, -0.2) is 23.4 Å². The number of carbonyl (C=O) groups excluding carboxylic acids is 1. The van der Waals surface area contributed by atoms with Crippen LogP contribution in [0.15, 0.2) is 30.3 Å². The molecule has 3 fully saturated rings. The zero-order chi connectivity index (χ0) is 14.2. The number of fused-ring (bicyclic) bond motifs is 2. The molecule has 0 unspecified atom stereocenters. The van der Waals surface area contributed by atoms with Crippen molar-refractivity contribution in [3.63, 3.8) is 0 Å². The average molecular weight is 283 g/mol. The minimum Gasteiger partial charge on any atom is -0.339 e. The molecule has 4 rings (SSSR count). The van der Waals surface area contributed by atoms with Crippen LogP contribution in [0.2, 0.25) is 0 Å². The van der Waals surface area contributed by atoms with E-state index >= 15 is 0 Å². The highest BCUT2D eigenvalue weighted by Crippen LogP contribution is 2.49. The highest BCUT2D eigenvalue weighted by Gasteiger charge is 2.45. The first-order chi connectivity index (χ1) is 10.3. The van der Waals surface area contributed by atoms with Gasteiger partial charge in [-0.3, -0.25) is 4.79 Å². The van der Waals surface area contributed by atoms with Crippen molar-refractivity contribution in [1.82, 2.24) is 4.90 Å². The quantitative estimate of drug-likeness (QED) is 0.829. The molecule has 1 saturated heterocycles. The van der Waals surface area contributed by atoms with Crippen LogP contribution in [0.25, 0.3) is 0 Å². The number of nitrogens with zero attached hydrogens (tertiary/aromatic N) is 1. The molecule has 2 nitrogen and oxygen atoms in total. The minimum atomic E-state index is 0.361. The molecule has 21 heavy (non-hydrogen) atoms. The maximum absolute atomic E-state index is 13.0.